The normalized spacial score (nSPS) is 10.6. The number of aromatic nitrogens is 2. The summed E-state index contributed by atoms with van der Waals surface area (Å²) in [6.45, 7) is 2.03. The molecule has 1 aromatic carbocycles. The highest BCUT2D eigenvalue weighted by Crippen LogP contribution is 2.22. The molecule has 0 saturated heterocycles. The van der Waals surface area contributed by atoms with Crippen LogP contribution in [0, 0.1) is 6.92 Å². The van der Waals surface area contributed by atoms with Crippen molar-refractivity contribution in [2.24, 2.45) is 0 Å². The number of aryl methyl sites for hydroxylation is 1. The maximum Gasteiger partial charge on any atom is 0.322 e. The lowest BCUT2D eigenvalue weighted by Gasteiger charge is -2.01. The first kappa shape index (κ1) is 14.8. The molecule has 3 aromatic rings. The van der Waals surface area contributed by atoms with Gasteiger partial charge in [-0.15, -0.1) is 16.9 Å². The van der Waals surface area contributed by atoms with E-state index in [0.717, 1.165) is 10.5 Å². The Morgan fingerprint density at radius 2 is 2.09 bits per heavy atom. The van der Waals surface area contributed by atoms with Gasteiger partial charge in [-0.25, -0.2) is 0 Å². The summed E-state index contributed by atoms with van der Waals surface area (Å²) in [5.41, 5.74) is 2.05. The Kier molecular flexibility index (Phi) is 4.55. The van der Waals surface area contributed by atoms with Gasteiger partial charge in [-0.2, -0.15) is 11.3 Å². The van der Waals surface area contributed by atoms with Gasteiger partial charge in [-0.3, -0.25) is 10.1 Å². The fourth-order valence-corrected chi connectivity index (χ4v) is 3.04. The van der Waals surface area contributed by atoms with Gasteiger partial charge in [-0.1, -0.05) is 22.8 Å². The fourth-order valence-electron chi connectivity index (χ4n) is 1.72. The Bertz CT molecular complexity index is 751. The van der Waals surface area contributed by atoms with Gasteiger partial charge in [0.2, 0.25) is 5.91 Å². The largest absolute Gasteiger partial charge is 0.403 e. The highest BCUT2D eigenvalue weighted by atomic mass is 32.2. The molecular weight excluding hydrogens is 318 g/mol. The van der Waals surface area contributed by atoms with Crippen molar-refractivity contribution >= 4 is 35.0 Å². The van der Waals surface area contributed by atoms with Crippen LogP contribution in [0.25, 0.3) is 11.5 Å². The van der Waals surface area contributed by atoms with Crippen LogP contribution in [0.2, 0.25) is 0 Å². The smallest absolute Gasteiger partial charge is 0.322 e. The van der Waals surface area contributed by atoms with Gasteiger partial charge < -0.3 is 4.42 Å². The van der Waals surface area contributed by atoms with Crippen LogP contribution in [0.1, 0.15) is 5.56 Å². The minimum absolute atomic E-state index is 0.121. The Morgan fingerprint density at radius 3 is 2.82 bits per heavy atom. The molecule has 0 atom stereocenters. The summed E-state index contributed by atoms with van der Waals surface area (Å²) in [7, 11) is 0. The molecule has 0 radical (unpaired) electrons. The van der Waals surface area contributed by atoms with Crippen molar-refractivity contribution in [1.82, 2.24) is 10.2 Å². The van der Waals surface area contributed by atoms with E-state index >= 15 is 0 Å². The van der Waals surface area contributed by atoms with Gasteiger partial charge in [-0.05, 0) is 30.5 Å². The van der Waals surface area contributed by atoms with Crippen LogP contribution in [0.4, 0.5) is 6.01 Å². The molecule has 2 aromatic heterocycles. The number of amides is 1. The van der Waals surface area contributed by atoms with Gasteiger partial charge in [0.05, 0.1) is 5.75 Å². The number of benzene rings is 1. The Hall–Kier alpha value is -2.12. The monoisotopic (exact) mass is 331 g/mol. The molecule has 0 spiro atoms. The second-order valence-electron chi connectivity index (χ2n) is 4.57. The first-order valence-corrected chi connectivity index (χ1v) is 8.49. The van der Waals surface area contributed by atoms with Crippen molar-refractivity contribution in [3.8, 4) is 11.5 Å². The Morgan fingerprint density at radius 1 is 1.27 bits per heavy atom. The van der Waals surface area contributed by atoms with Gasteiger partial charge in [0, 0.05) is 15.8 Å². The molecule has 3 rings (SSSR count). The number of hydrogen-bond donors (Lipinski definition) is 1. The lowest BCUT2D eigenvalue weighted by atomic mass is 10.2. The van der Waals surface area contributed by atoms with Crippen molar-refractivity contribution in [2.45, 2.75) is 11.8 Å². The number of carbonyl (C=O) groups excluding carboxylic acids is 1. The van der Waals surface area contributed by atoms with E-state index < -0.39 is 0 Å². The Balaban J connectivity index is 1.54. The average molecular weight is 331 g/mol. The number of hydrogen-bond acceptors (Lipinski definition) is 6. The summed E-state index contributed by atoms with van der Waals surface area (Å²) < 4.78 is 5.41. The van der Waals surface area contributed by atoms with E-state index in [0.29, 0.717) is 11.6 Å². The molecule has 112 valence electrons. The van der Waals surface area contributed by atoms with Crippen LogP contribution < -0.4 is 5.32 Å². The predicted molar refractivity (Wildman–Crippen MR) is 88.1 cm³/mol. The quantitative estimate of drug-likeness (QED) is 0.720. The second kappa shape index (κ2) is 6.76. The van der Waals surface area contributed by atoms with Crippen LogP contribution >= 0.6 is 23.1 Å². The molecule has 22 heavy (non-hydrogen) atoms. The summed E-state index contributed by atoms with van der Waals surface area (Å²) in [5, 5.41) is 14.2. The van der Waals surface area contributed by atoms with E-state index in [1.54, 1.807) is 11.3 Å². The number of anilines is 1. The zero-order valence-corrected chi connectivity index (χ0v) is 13.4. The summed E-state index contributed by atoms with van der Waals surface area (Å²) in [5.74, 6) is 0.521. The van der Waals surface area contributed by atoms with Crippen LogP contribution in [0.15, 0.2) is 50.4 Å². The van der Waals surface area contributed by atoms with Gasteiger partial charge in [0.1, 0.15) is 0 Å². The van der Waals surface area contributed by atoms with Crippen LogP contribution in [-0.4, -0.2) is 21.9 Å². The van der Waals surface area contributed by atoms with E-state index in [4.69, 9.17) is 4.42 Å². The molecular formula is C15H13N3O2S2. The first-order chi connectivity index (χ1) is 10.7. The summed E-state index contributed by atoms with van der Waals surface area (Å²) >= 11 is 3.01. The lowest BCUT2D eigenvalue weighted by Crippen LogP contribution is -2.14. The van der Waals surface area contributed by atoms with E-state index in [-0.39, 0.29) is 11.9 Å². The summed E-state index contributed by atoms with van der Waals surface area (Å²) in [6.07, 6.45) is 0. The molecule has 0 unspecified atom stereocenters. The highest BCUT2D eigenvalue weighted by molar-refractivity contribution is 8.00. The highest BCUT2D eigenvalue weighted by Gasteiger charge is 2.11. The lowest BCUT2D eigenvalue weighted by molar-refractivity contribution is -0.113. The molecule has 1 N–H and O–H groups in total. The predicted octanol–water partition coefficient (Wildman–Crippen LogP) is 3.84. The number of carbonyl (C=O) groups is 1. The van der Waals surface area contributed by atoms with E-state index in [2.05, 4.69) is 15.5 Å². The van der Waals surface area contributed by atoms with Gasteiger partial charge >= 0.3 is 6.01 Å². The van der Waals surface area contributed by atoms with Crippen molar-refractivity contribution < 1.29 is 9.21 Å². The molecule has 0 aliphatic carbocycles. The van der Waals surface area contributed by atoms with Crippen LogP contribution in [-0.2, 0) is 4.79 Å². The SMILES string of the molecule is Cc1ccc(SCC(=O)Nc2nnc(-c3ccsc3)o2)cc1. The maximum atomic E-state index is 11.9. The third-order valence-corrected chi connectivity index (χ3v) is 4.53. The third kappa shape index (κ3) is 3.75. The minimum atomic E-state index is -0.175. The zero-order valence-electron chi connectivity index (χ0n) is 11.8. The van der Waals surface area contributed by atoms with Crippen molar-refractivity contribution in [3.63, 3.8) is 0 Å². The average Bonchev–Trinajstić information content (AvgIpc) is 3.17. The fraction of sp³-hybridized carbons (Fsp3) is 0.133. The van der Waals surface area contributed by atoms with Gasteiger partial charge in [0.15, 0.2) is 0 Å². The zero-order chi connectivity index (χ0) is 15.4. The minimum Gasteiger partial charge on any atom is -0.403 e. The number of thioether (sulfide) groups is 1. The molecule has 1 amide bonds. The number of thiophene rings is 1. The van der Waals surface area contributed by atoms with Crippen LogP contribution in [0.5, 0.6) is 0 Å². The molecule has 7 heteroatoms. The second-order valence-corrected chi connectivity index (χ2v) is 6.40. The van der Waals surface area contributed by atoms with E-state index in [1.165, 1.54) is 17.3 Å². The maximum absolute atomic E-state index is 11.9. The molecule has 0 aliphatic rings. The molecule has 0 aliphatic heterocycles. The third-order valence-electron chi connectivity index (χ3n) is 2.83. The molecule has 2 heterocycles. The van der Waals surface area contributed by atoms with E-state index in [1.807, 2.05) is 48.0 Å². The van der Waals surface area contributed by atoms with Gasteiger partial charge in [0.25, 0.3) is 5.89 Å². The number of nitrogens with zero attached hydrogens (tertiary/aromatic N) is 2. The summed E-state index contributed by atoms with van der Waals surface area (Å²) in [4.78, 5) is 12.9. The first-order valence-electron chi connectivity index (χ1n) is 6.56. The Labute approximate surface area is 135 Å². The van der Waals surface area contributed by atoms with Crippen LogP contribution in [0.3, 0.4) is 0 Å². The topological polar surface area (TPSA) is 68.0 Å². The van der Waals surface area contributed by atoms with Crippen molar-refractivity contribution in [3.05, 3.63) is 46.7 Å². The molecule has 0 fully saturated rings. The number of rotatable bonds is 5. The van der Waals surface area contributed by atoms with Crippen molar-refractivity contribution in [2.75, 3.05) is 11.1 Å². The molecule has 0 saturated carbocycles. The number of nitrogens with one attached hydrogen (secondary N) is 1. The molecule has 5 nitrogen and oxygen atoms in total. The molecule has 0 bridgehead atoms. The summed E-state index contributed by atoms with van der Waals surface area (Å²) in [6, 6.07) is 10.0. The van der Waals surface area contributed by atoms with Crippen molar-refractivity contribution in [1.29, 1.82) is 0 Å². The van der Waals surface area contributed by atoms with E-state index in [9.17, 15) is 4.79 Å². The standard InChI is InChI=1S/C15H13N3O2S2/c1-10-2-4-12(5-3-10)22-9-13(19)16-15-18-17-14(20-15)11-6-7-21-8-11/h2-8H,9H2,1H3,(H,16,18,19).